The minimum Gasteiger partial charge on any atom is -0.502 e. The largest absolute Gasteiger partial charge is 0.502 e. The molecule has 3 nitrogen and oxygen atoms in total. The number of rotatable bonds is 8. The summed E-state index contributed by atoms with van der Waals surface area (Å²) in [5, 5.41) is 0. The molecule has 1 saturated heterocycles. The lowest BCUT2D eigenvalue weighted by Gasteiger charge is -2.39. The van der Waals surface area contributed by atoms with Crippen molar-refractivity contribution in [3.63, 3.8) is 0 Å². The Labute approximate surface area is 110 Å². The second kappa shape index (κ2) is 6.58. The van der Waals surface area contributed by atoms with E-state index in [1.807, 2.05) is 0 Å². The second-order valence-corrected chi connectivity index (χ2v) is 5.70. The summed E-state index contributed by atoms with van der Waals surface area (Å²) in [6, 6.07) is 0. The summed E-state index contributed by atoms with van der Waals surface area (Å²) in [6.07, 6.45) is 9.43. The van der Waals surface area contributed by atoms with E-state index in [0.717, 1.165) is 19.6 Å². The van der Waals surface area contributed by atoms with Crippen LogP contribution in [0.2, 0.25) is 0 Å². The molecule has 0 aromatic rings. The summed E-state index contributed by atoms with van der Waals surface area (Å²) in [7, 11) is 0. The first-order valence-electron chi connectivity index (χ1n) is 7.23. The maximum absolute atomic E-state index is 6.20. The average molecular weight is 254 g/mol. The van der Waals surface area contributed by atoms with Crippen LogP contribution in [0.25, 0.3) is 0 Å². The van der Waals surface area contributed by atoms with E-state index < -0.39 is 0 Å². The van der Waals surface area contributed by atoms with Crippen LogP contribution in [0, 0.1) is 5.92 Å². The number of ether oxygens (including phenoxy) is 3. The van der Waals surface area contributed by atoms with Crippen LogP contribution >= 0.6 is 0 Å². The molecule has 0 amide bonds. The van der Waals surface area contributed by atoms with Gasteiger partial charge in [-0.05, 0) is 25.7 Å². The van der Waals surface area contributed by atoms with Crippen molar-refractivity contribution >= 4 is 0 Å². The van der Waals surface area contributed by atoms with Gasteiger partial charge in [-0.15, -0.1) is 0 Å². The lowest BCUT2D eigenvalue weighted by molar-refractivity contribution is -0.0998. The zero-order chi connectivity index (χ0) is 12.8. The van der Waals surface area contributed by atoms with Crippen molar-refractivity contribution in [2.45, 2.75) is 57.2 Å². The molecule has 2 fully saturated rings. The molecule has 1 aliphatic carbocycles. The summed E-state index contributed by atoms with van der Waals surface area (Å²) in [5.74, 6) is 0.665. The van der Waals surface area contributed by atoms with Gasteiger partial charge < -0.3 is 14.2 Å². The highest BCUT2D eigenvalue weighted by molar-refractivity contribution is 4.87. The highest BCUT2D eigenvalue weighted by Crippen LogP contribution is 2.37. The molecule has 1 saturated carbocycles. The van der Waals surface area contributed by atoms with E-state index in [-0.39, 0.29) is 5.60 Å². The first-order chi connectivity index (χ1) is 8.74. The van der Waals surface area contributed by atoms with E-state index in [1.165, 1.54) is 38.4 Å². The summed E-state index contributed by atoms with van der Waals surface area (Å²) in [5.41, 5.74) is -0.0601. The molecule has 0 aromatic carbocycles. The van der Waals surface area contributed by atoms with Gasteiger partial charge in [0.25, 0.3) is 0 Å². The number of hydrogen-bond acceptors (Lipinski definition) is 3. The quantitative estimate of drug-likeness (QED) is 0.378. The minimum absolute atomic E-state index is 0.0601. The number of hydrogen-bond donors (Lipinski definition) is 0. The van der Waals surface area contributed by atoms with E-state index in [9.17, 15) is 0 Å². The highest BCUT2D eigenvalue weighted by Gasteiger charge is 2.37. The van der Waals surface area contributed by atoms with Gasteiger partial charge in [0, 0.05) is 6.42 Å². The summed E-state index contributed by atoms with van der Waals surface area (Å²) < 4.78 is 16.7. The highest BCUT2D eigenvalue weighted by atomic mass is 16.6. The predicted octanol–water partition coefficient (Wildman–Crippen LogP) is 3.29. The van der Waals surface area contributed by atoms with Crippen molar-refractivity contribution in [2.24, 2.45) is 5.92 Å². The number of epoxide rings is 1. The smallest absolute Gasteiger partial charge is 0.104 e. The molecule has 0 bridgehead atoms. The summed E-state index contributed by atoms with van der Waals surface area (Å²) in [4.78, 5) is 0. The molecule has 2 rings (SSSR count). The Morgan fingerprint density at radius 1 is 1.33 bits per heavy atom. The van der Waals surface area contributed by atoms with E-state index >= 15 is 0 Å². The van der Waals surface area contributed by atoms with Gasteiger partial charge in [-0.2, -0.15) is 0 Å². The maximum atomic E-state index is 6.20. The topological polar surface area (TPSA) is 31.0 Å². The van der Waals surface area contributed by atoms with Crippen molar-refractivity contribution in [2.75, 3.05) is 19.8 Å². The molecule has 18 heavy (non-hydrogen) atoms. The van der Waals surface area contributed by atoms with Crippen LogP contribution < -0.4 is 0 Å². The lowest BCUT2D eigenvalue weighted by Crippen LogP contribution is -2.41. The fourth-order valence-electron chi connectivity index (χ4n) is 2.90. The zero-order valence-electron chi connectivity index (χ0n) is 11.5. The summed E-state index contributed by atoms with van der Waals surface area (Å²) in [6.45, 7) is 8.14. The molecule has 1 heterocycles. The average Bonchev–Trinajstić information content (AvgIpc) is 3.22. The molecule has 2 unspecified atom stereocenters. The summed E-state index contributed by atoms with van der Waals surface area (Å²) >= 11 is 0. The van der Waals surface area contributed by atoms with E-state index in [0.29, 0.717) is 18.6 Å². The first-order valence-corrected chi connectivity index (χ1v) is 7.23. The van der Waals surface area contributed by atoms with Crippen LogP contribution in [0.1, 0.15) is 45.4 Å². The van der Waals surface area contributed by atoms with Gasteiger partial charge in [-0.25, -0.2) is 0 Å². The van der Waals surface area contributed by atoms with Gasteiger partial charge in [0.1, 0.15) is 6.10 Å². The standard InChI is InChI=1S/C15H26O3/c1-3-16-10-9-15(2,18-12-14-11-17-14)13-7-5-4-6-8-13/h3,13-14H,1,4-12H2,2H3. The van der Waals surface area contributed by atoms with Crippen molar-refractivity contribution in [1.82, 2.24) is 0 Å². The van der Waals surface area contributed by atoms with E-state index in [1.54, 1.807) is 0 Å². The molecule has 104 valence electrons. The second-order valence-electron chi connectivity index (χ2n) is 5.70. The molecule has 3 heteroatoms. The van der Waals surface area contributed by atoms with E-state index in [2.05, 4.69) is 13.5 Å². The SMILES string of the molecule is C=COCCC(C)(OCC1CO1)C1CCCCC1. The third-order valence-electron chi connectivity index (χ3n) is 4.30. The van der Waals surface area contributed by atoms with Gasteiger partial charge in [-0.1, -0.05) is 25.8 Å². The van der Waals surface area contributed by atoms with Crippen LogP contribution in [0.3, 0.4) is 0 Å². The molecule has 0 N–H and O–H groups in total. The molecule has 0 spiro atoms. The molecule has 2 atom stereocenters. The monoisotopic (exact) mass is 254 g/mol. The van der Waals surface area contributed by atoms with Crippen molar-refractivity contribution < 1.29 is 14.2 Å². The Kier molecular flexibility index (Phi) is 5.07. The minimum atomic E-state index is -0.0601. The van der Waals surface area contributed by atoms with Crippen LogP contribution in [0.15, 0.2) is 12.8 Å². The van der Waals surface area contributed by atoms with Gasteiger partial charge in [0.15, 0.2) is 0 Å². The Hall–Kier alpha value is -0.540. The first kappa shape index (κ1) is 13.9. The van der Waals surface area contributed by atoms with E-state index in [4.69, 9.17) is 14.2 Å². The van der Waals surface area contributed by atoms with Gasteiger partial charge >= 0.3 is 0 Å². The zero-order valence-corrected chi connectivity index (χ0v) is 11.5. The third kappa shape index (κ3) is 3.99. The Morgan fingerprint density at radius 2 is 2.06 bits per heavy atom. The van der Waals surface area contributed by atoms with Crippen LogP contribution in [0.4, 0.5) is 0 Å². The fourth-order valence-corrected chi connectivity index (χ4v) is 2.90. The maximum Gasteiger partial charge on any atom is 0.104 e. The van der Waals surface area contributed by atoms with Gasteiger partial charge in [0.2, 0.25) is 0 Å². The fraction of sp³-hybridized carbons (Fsp3) is 0.867. The third-order valence-corrected chi connectivity index (χ3v) is 4.30. The molecule has 0 radical (unpaired) electrons. The van der Waals surface area contributed by atoms with Gasteiger partial charge in [0.05, 0.1) is 31.7 Å². The molecule has 2 aliphatic rings. The normalized spacial score (nSPS) is 27.5. The van der Waals surface area contributed by atoms with Crippen LogP contribution in [0.5, 0.6) is 0 Å². The molecular weight excluding hydrogens is 228 g/mol. The van der Waals surface area contributed by atoms with Gasteiger partial charge in [-0.3, -0.25) is 0 Å². The van der Waals surface area contributed by atoms with Crippen LogP contribution in [-0.4, -0.2) is 31.5 Å². The molecular formula is C15H26O3. The Morgan fingerprint density at radius 3 is 2.67 bits per heavy atom. The van der Waals surface area contributed by atoms with Crippen LogP contribution in [-0.2, 0) is 14.2 Å². The lowest BCUT2D eigenvalue weighted by atomic mass is 9.76. The Bertz CT molecular complexity index is 256. The Balaban J connectivity index is 1.87. The molecule has 0 aromatic heterocycles. The predicted molar refractivity (Wildman–Crippen MR) is 71.4 cm³/mol. The van der Waals surface area contributed by atoms with Crippen molar-refractivity contribution in [1.29, 1.82) is 0 Å². The molecule has 1 aliphatic heterocycles. The van der Waals surface area contributed by atoms with Crippen molar-refractivity contribution in [3.05, 3.63) is 12.8 Å². The van der Waals surface area contributed by atoms with Crippen molar-refractivity contribution in [3.8, 4) is 0 Å².